The molecule has 378 valence electrons. The summed E-state index contributed by atoms with van der Waals surface area (Å²) in [6.45, 7) is 0. The van der Waals surface area contributed by atoms with Crippen LogP contribution in [0.2, 0.25) is 0 Å². The lowest BCUT2D eigenvalue weighted by atomic mass is 9.99. The minimum Gasteiger partial charge on any atom is -0.473 e. The summed E-state index contributed by atoms with van der Waals surface area (Å²) in [6, 6.07) is 14.3. The highest BCUT2D eigenvalue weighted by molar-refractivity contribution is 7.55. The molecule has 8 saturated carbocycles. The van der Waals surface area contributed by atoms with E-state index in [2.05, 4.69) is 36.4 Å². The van der Waals surface area contributed by atoms with Crippen molar-refractivity contribution in [2.24, 2.45) is 0 Å². The van der Waals surface area contributed by atoms with Crippen molar-refractivity contribution in [2.45, 2.75) is 302 Å². The van der Waals surface area contributed by atoms with E-state index in [9.17, 15) is 0 Å². The van der Waals surface area contributed by atoms with Crippen LogP contribution in [0.5, 0.6) is 23.0 Å². The van der Waals surface area contributed by atoms with Crippen LogP contribution in [0.3, 0.4) is 0 Å². The maximum atomic E-state index is 8.07. The summed E-state index contributed by atoms with van der Waals surface area (Å²) >= 11 is 0. The average molecular weight is 1000 g/mol. The molecule has 8 aliphatic carbocycles. The molecule has 10 rings (SSSR count). The van der Waals surface area contributed by atoms with Crippen molar-refractivity contribution >= 4 is 32.6 Å². The van der Waals surface area contributed by atoms with Gasteiger partial charge in [0.05, 0.1) is 43.7 Å². The Morgan fingerprint density at radius 1 is 0.221 bits per heavy atom. The van der Waals surface area contributed by atoms with Gasteiger partial charge in [-0.1, -0.05) is 166 Å². The second-order valence-corrected chi connectivity index (χ2v) is 32.8. The van der Waals surface area contributed by atoms with Gasteiger partial charge < -0.3 is 18.1 Å². The molecular weight excluding hydrogens is 909 g/mol. The highest BCUT2D eigenvalue weighted by atomic mass is 31.1. The van der Waals surface area contributed by atoms with Gasteiger partial charge in [-0.15, -0.1) is 0 Å². The first-order valence-electron chi connectivity index (χ1n) is 29.9. The van der Waals surface area contributed by atoms with Crippen LogP contribution in [0.1, 0.15) is 257 Å². The minimum atomic E-state index is -0.654. The fourth-order valence-electron chi connectivity index (χ4n) is 14.7. The molecule has 2 aromatic rings. The third-order valence-electron chi connectivity index (χ3n) is 18.5. The van der Waals surface area contributed by atoms with Crippen molar-refractivity contribution in [1.82, 2.24) is 0 Å². The van der Waals surface area contributed by atoms with E-state index in [1.165, 1.54) is 268 Å². The summed E-state index contributed by atoms with van der Waals surface area (Å²) < 4.78 is 32.3. The third kappa shape index (κ3) is 13.2. The Bertz CT molecular complexity index is 1460. The molecule has 0 unspecified atom stereocenters. The topological polar surface area (TPSA) is 36.9 Å². The van der Waals surface area contributed by atoms with Crippen molar-refractivity contribution in [3.63, 3.8) is 0 Å². The zero-order valence-electron chi connectivity index (χ0n) is 42.8. The molecule has 4 nitrogen and oxygen atoms in total. The van der Waals surface area contributed by atoms with E-state index >= 15 is 0 Å². The lowest BCUT2D eigenvalue weighted by molar-refractivity contribution is 0.442. The van der Waals surface area contributed by atoms with Gasteiger partial charge in [0, 0.05) is 45.3 Å². The Hall–Kier alpha value is -0.640. The van der Waals surface area contributed by atoms with Crippen molar-refractivity contribution in [3.8, 4) is 34.1 Å². The predicted molar refractivity (Wildman–Crippen MR) is 297 cm³/mol. The number of rotatable bonds is 17. The van der Waals surface area contributed by atoms with E-state index in [4.69, 9.17) is 18.1 Å². The normalized spacial score (nSPS) is 24.8. The van der Waals surface area contributed by atoms with Gasteiger partial charge in [-0.25, -0.2) is 0 Å². The van der Waals surface area contributed by atoms with E-state index in [1.807, 2.05) is 0 Å². The van der Waals surface area contributed by atoms with Gasteiger partial charge >= 0.3 is 0 Å². The van der Waals surface area contributed by atoms with Crippen LogP contribution in [0.4, 0.5) is 0 Å². The summed E-state index contributed by atoms with van der Waals surface area (Å²) in [7, 11) is -2.62. The zero-order chi connectivity index (χ0) is 45.7. The summed E-state index contributed by atoms with van der Waals surface area (Å²) in [5.41, 5.74) is 7.99. The van der Waals surface area contributed by atoms with Gasteiger partial charge in [0.15, 0.2) is 0 Å². The first-order valence-corrected chi connectivity index (χ1v) is 35.5. The van der Waals surface area contributed by atoms with Crippen LogP contribution in [-0.4, -0.2) is 45.3 Å². The number of hydrogen-bond acceptors (Lipinski definition) is 4. The standard InChI is InChI=1S/C60H94O4P4/c1-9-27-47(28-10-1)65(48-29-11-2-12-30-48)61-55-43-25-44-56(62-66(49-31-13-3-14-32-49)50-33-15-4-16-34-50)59(55)60-57(63-67(51-35-17-5-18-36-51)52-37-19-6-20-38-52)45-26-46-58(60)64-68(53-39-21-7-22-40-53)54-41-23-8-24-42-54/h25-26,43-54H,1-24,27-42H2. The molecule has 8 heteroatoms. The van der Waals surface area contributed by atoms with Crippen LogP contribution < -0.4 is 18.1 Å². The Balaban J connectivity index is 1.14. The maximum Gasteiger partial charge on any atom is 0.135 e. The molecule has 0 atom stereocenters. The van der Waals surface area contributed by atoms with Gasteiger partial charge in [0.1, 0.15) is 23.0 Å². The van der Waals surface area contributed by atoms with E-state index < -0.39 is 32.6 Å². The molecule has 0 N–H and O–H groups in total. The molecule has 8 aliphatic rings. The molecular formula is C60H94O4P4. The van der Waals surface area contributed by atoms with Crippen molar-refractivity contribution in [2.75, 3.05) is 0 Å². The highest BCUT2D eigenvalue weighted by Gasteiger charge is 2.41. The molecule has 0 bridgehead atoms. The lowest BCUT2D eigenvalue weighted by Gasteiger charge is -2.40. The van der Waals surface area contributed by atoms with Crippen molar-refractivity contribution in [1.29, 1.82) is 0 Å². The Labute approximate surface area is 421 Å². The molecule has 0 aliphatic heterocycles. The van der Waals surface area contributed by atoms with Gasteiger partial charge in [-0.2, -0.15) is 0 Å². The second kappa shape index (κ2) is 26.5. The largest absolute Gasteiger partial charge is 0.473 e. The van der Waals surface area contributed by atoms with Gasteiger partial charge in [0.25, 0.3) is 0 Å². The smallest absolute Gasteiger partial charge is 0.135 e. The number of hydrogen-bond donors (Lipinski definition) is 0. The van der Waals surface area contributed by atoms with Crippen molar-refractivity contribution in [3.05, 3.63) is 36.4 Å². The molecule has 8 fully saturated rings. The Morgan fingerprint density at radius 3 is 0.515 bits per heavy atom. The highest BCUT2D eigenvalue weighted by Crippen LogP contribution is 2.66. The van der Waals surface area contributed by atoms with Crippen LogP contribution >= 0.6 is 32.6 Å². The molecule has 0 spiro atoms. The summed E-state index contributed by atoms with van der Waals surface area (Å²) in [4.78, 5) is 0. The van der Waals surface area contributed by atoms with E-state index in [1.54, 1.807) is 0 Å². The van der Waals surface area contributed by atoms with Crippen LogP contribution in [-0.2, 0) is 0 Å². The summed E-state index contributed by atoms with van der Waals surface area (Å²) in [6.07, 6.45) is 54.6. The van der Waals surface area contributed by atoms with E-state index in [0.29, 0.717) is 45.3 Å². The van der Waals surface area contributed by atoms with Crippen LogP contribution in [0, 0.1) is 0 Å². The monoisotopic (exact) mass is 1000 g/mol. The molecule has 0 aromatic heterocycles. The Morgan fingerprint density at radius 2 is 0.368 bits per heavy atom. The fraction of sp³-hybridized carbons (Fsp3) is 0.800. The average Bonchev–Trinajstić information content (AvgIpc) is 3.42. The summed E-state index contributed by atoms with van der Waals surface area (Å²) in [5, 5.41) is 0. The van der Waals surface area contributed by atoms with Crippen LogP contribution in [0.25, 0.3) is 11.1 Å². The molecule has 0 amide bonds. The first-order chi connectivity index (χ1) is 33.8. The molecule has 2 aromatic carbocycles. The molecule has 68 heavy (non-hydrogen) atoms. The summed E-state index contributed by atoms with van der Waals surface area (Å²) in [5.74, 6) is 4.42. The number of benzene rings is 2. The van der Waals surface area contributed by atoms with Gasteiger partial charge in [0.2, 0.25) is 0 Å². The van der Waals surface area contributed by atoms with Gasteiger partial charge in [-0.3, -0.25) is 0 Å². The second-order valence-electron chi connectivity index (χ2n) is 23.4. The van der Waals surface area contributed by atoms with Crippen molar-refractivity contribution < 1.29 is 18.1 Å². The fourth-order valence-corrected chi connectivity index (χ4v) is 26.8. The third-order valence-corrected chi connectivity index (χ3v) is 30.0. The quantitative estimate of drug-likeness (QED) is 0.148. The van der Waals surface area contributed by atoms with E-state index in [-0.39, 0.29) is 0 Å². The SMILES string of the molecule is c1cc(OP(C2CCCCC2)C2CCCCC2)c(-c2c(OP(C3CCCCC3)C3CCCCC3)cccc2OP(C2CCCCC2)C2CCCCC2)c(OP(C2CCCCC2)C2CCCCC2)c1. The Kier molecular flexibility index (Phi) is 19.9. The van der Waals surface area contributed by atoms with Gasteiger partial charge in [-0.05, 0) is 127 Å². The zero-order valence-corrected chi connectivity index (χ0v) is 46.4. The first kappa shape index (κ1) is 50.9. The molecule has 0 saturated heterocycles. The predicted octanol–water partition coefficient (Wildman–Crippen LogP) is 21.1. The van der Waals surface area contributed by atoms with Crippen LogP contribution in [0.15, 0.2) is 36.4 Å². The molecule has 0 heterocycles. The molecule has 0 radical (unpaired) electrons. The maximum absolute atomic E-state index is 8.07. The minimum absolute atomic E-state index is 0.654. The lowest BCUT2D eigenvalue weighted by Crippen LogP contribution is -2.24. The van der Waals surface area contributed by atoms with E-state index in [0.717, 1.165) is 23.0 Å².